The SMILES string of the molecule is C1=Cc2ccccc2C1.CC.CC.CC.CC.CC.CC.CC.CN1Cc2ccccc2C1.O=C1CCOc2ccccc21.O=C1CCc2ccccc21.O=C1CSc2ccccc2N1.O=C1Nc2ccccc2CO1.O=S1(=O)CCc2ccccc21. The van der Waals surface area contributed by atoms with Gasteiger partial charge in [0.2, 0.25) is 5.91 Å². The van der Waals surface area contributed by atoms with Crippen molar-refractivity contribution in [3.05, 3.63) is 226 Å². The van der Waals surface area contributed by atoms with E-state index >= 15 is 0 Å². The molecule has 470 valence electrons. The van der Waals surface area contributed by atoms with Gasteiger partial charge in [0.05, 0.1) is 39.9 Å². The second-order valence-electron chi connectivity index (χ2n) is 17.7. The van der Waals surface area contributed by atoms with Gasteiger partial charge >= 0.3 is 6.09 Å². The molecule has 7 aromatic carbocycles. The van der Waals surface area contributed by atoms with Gasteiger partial charge in [-0.15, -0.1) is 11.8 Å². The average molecular weight is 1220 g/mol. The first-order valence-corrected chi connectivity index (χ1v) is 33.8. The van der Waals surface area contributed by atoms with Crippen LogP contribution in [0.5, 0.6) is 5.75 Å². The largest absolute Gasteiger partial charge is 0.492 e. The molecule has 11 nitrogen and oxygen atoms in total. The molecule has 0 aromatic heterocycles. The van der Waals surface area contributed by atoms with Gasteiger partial charge in [-0.1, -0.05) is 243 Å². The highest BCUT2D eigenvalue weighted by atomic mass is 32.2. The lowest BCUT2D eigenvalue weighted by Gasteiger charge is -2.16. The number of aryl methyl sites for hydroxylation is 2. The number of sulfone groups is 1. The van der Waals surface area contributed by atoms with Crippen molar-refractivity contribution in [2.75, 3.05) is 35.8 Å². The maximum absolute atomic E-state index is 11.3. The number of nitrogens with one attached hydrogen (secondary N) is 2. The summed E-state index contributed by atoms with van der Waals surface area (Å²) in [6.45, 7) is 31.1. The van der Waals surface area contributed by atoms with Gasteiger partial charge < -0.3 is 14.8 Å². The van der Waals surface area contributed by atoms with E-state index in [0.29, 0.717) is 48.9 Å². The second-order valence-corrected chi connectivity index (χ2v) is 20.8. The zero-order chi connectivity index (χ0) is 65.0. The van der Waals surface area contributed by atoms with Crippen molar-refractivity contribution in [1.29, 1.82) is 0 Å². The zero-order valence-corrected chi connectivity index (χ0v) is 56.3. The molecule has 2 aliphatic carbocycles. The van der Waals surface area contributed by atoms with Crippen LogP contribution in [-0.2, 0) is 58.3 Å². The summed E-state index contributed by atoms with van der Waals surface area (Å²) in [5.41, 5.74) is 12.5. The van der Waals surface area contributed by atoms with Gasteiger partial charge in [-0.05, 0) is 96.1 Å². The minimum atomic E-state index is -2.91. The summed E-state index contributed by atoms with van der Waals surface area (Å²) in [6, 6.07) is 54.9. The van der Waals surface area contributed by atoms with Crippen molar-refractivity contribution < 1.29 is 37.1 Å². The average Bonchev–Trinajstić information content (AvgIpc) is 3.49. The summed E-state index contributed by atoms with van der Waals surface area (Å²) in [5, 5.41) is 5.40. The Morgan fingerprint density at radius 2 is 0.954 bits per heavy atom. The van der Waals surface area contributed by atoms with Gasteiger partial charge in [0, 0.05) is 42.0 Å². The molecule has 5 heterocycles. The number of carbonyl (C=O) groups excluding carboxylic acids is 4. The smallest absolute Gasteiger partial charge is 0.411 e. The molecule has 14 rings (SSSR count). The first-order valence-electron chi connectivity index (χ1n) is 31.2. The predicted molar refractivity (Wildman–Crippen MR) is 368 cm³/mol. The van der Waals surface area contributed by atoms with E-state index in [1.807, 2.05) is 200 Å². The molecule has 0 atom stereocenters. The Labute approximate surface area is 527 Å². The Kier molecular flexibility index (Phi) is 40.7. The van der Waals surface area contributed by atoms with Gasteiger partial charge in [0.25, 0.3) is 0 Å². The molecule has 0 fully saturated rings. The van der Waals surface area contributed by atoms with Crippen LogP contribution >= 0.6 is 11.8 Å². The van der Waals surface area contributed by atoms with E-state index in [-0.39, 0.29) is 23.5 Å². The third-order valence-corrected chi connectivity index (χ3v) is 15.4. The monoisotopic (exact) mass is 1220 g/mol. The predicted octanol–water partition coefficient (Wildman–Crippen LogP) is 19.0. The molecule has 5 aliphatic heterocycles. The summed E-state index contributed by atoms with van der Waals surface area (Å²) in [7, 11) is -0.753. The minimum absolute atomic E-state index is 0.0914. The van der Waals surface area contributed by atoms with E-state index in [0.717, 1.165) is 70.2 Å². The molecule has 0 bridgehead atoms. The Balaban J connectivity index is 0.000000491. The first-order chi connectivity index (χ1) is 42.5. The van der Waals surface area contributed by atoms with Gasteiger partial charge in [-0.25, -0.2) is 13.2 Å². The molecule has 13 heteroatoms. The molecule has 7 aromatic rings. The summed E-state index contributed by atoms with van der Waals surface area (Å²) in [6.07, 6.45) is 7.96. The van der Waals surface area contributed by atoms with Crippen molar-refractivity contribution in [3.8, 4) is 5.75 Å². The molecule has 0 radical (unpaired) electrons. The van der Waals surface area contributed by atoms with E-state index in [1.165, 1.54) is 27.8 Å². The van der Waals surface area contributed by atoms with Gasteiger partial charge in [0.15, 0.2) is 21.4 Å². The topological polar surface area (TPSA) is 148 Å². The van der Waals surface area contributed by atoms with E-state index in [9.17, 15) is 27.6 Å². The van der Waals surface area contributed by atoms with Crippen molar-refractivity contribution in [3.63, 3.8) is 0 Å². The number of anilines is 2. The number of nitrogens with zero attached hydrogens (tertiary/aromatic N) is 1. The molecule has 0 unspecified atom stereocenters. The zero-order valence-electron chi connectivity index (χ0n) is 54.6. The fourth-order valence-electron chi connectivity index (χ4n) is 8.75. The summed E-state index contributed by atoms with van der Waals surface area (Å²) in [4.78, 5) is 47.9. The molecule has 0 saturated heterocycles. The number of para-hydroxylation sites is 3. The Morgan fingerprint density at radius 1 is 0.460 bits per heavy atom. The van der Waals surface area contributed by atoms with E-state index in [2.05, 4.69) is 83.3 Å². The number of ether oxygens (including phenoxy) is 2. The highest BCUT2D eigenvalue weighted by molar-refractivity contribution is 8.00. The number of cyclic esters (lactones) is 1. The number of benzene rings is 7. The van der Waals surface area contributed by atoms with Crippen molar-refractivity contribution in [1.82, 2.24) is 4.90 Å². The van der Waals surface area contributed by atoms with Crippen LogP contribution in [0.4, 0.5) is 16.2 Å². The van der Waals surface area contributed by atoms with Crippen LogP contribution in [0.25, 0.3) is 6.08 Å². The summed E-state index contributed by atoms with van der Waals surface area (Å²) < 4.78 is 32.5. The van der Waals surface area contributed by atoms with Crippen molar-refractivity contribution in [2.24, 2.45) is 0 Å². The van der Waals surface area contributed by atoms with Crippen molar-refractivity contribution in [2.45, 2.75) is 159 Å². The molecular formula is C74H99N3O8S2. The normalized spacial score (nSPS) is 13.9. The Morgan fingerprint density at radius 3 is 1.55 bits per heavy atom. The van der Waals surface area contributed by atoms with Gasteiger partial charge in [-0.2, -0.15) is 0 Å². The molecule has 2 amide bonds. The fourth-order valence-corrected chi connectivity index (χ4v) is 11.1. The highest BCUT2D eigenvalue weighted by Gasteiger charge is 2.25. The van der Waals surface area contributed by atoms with E-state index < -0.39 is 9.84 Å². The number of hydrogen-bond acceptors (Lipinski definition) is 10. The fraction of sp³-hybridized carbons (Fsp3) is 0.351. The number of amides is 2. The van der Waals surface area contributed by atoms with Crippen LogP contribution in [0.1, 0.15) is 169 Å². The quantitative estimate of drug-likeness (QED) is 0.150. The van der Waals surface area contributed by atoms with Crippen LogP contribution in [0.15, 0.2) is 186 Å². The standard InChI is InChI=1S/C9H11N.C9H8O2.C9H8O.C9H8.C8H7NO2.C8H7NOS.C8H8O2S.7C2H6/c1-10-6-8-4-2-3-5-9(8)7-10;10-8-5-6-11-9-4-2-1-3-7(8)9;10-9-6-5-7-3-1-2-4-8(7)9;1-2-5-9-7-3-6-8(9)4-1;10-8-9-7-4-2-1-3-6(7)5-11-8;10-8-5-11-7-4-2-1-3-6(7)9-8;9-11(10)6-5-7-3-1-2-4-8(7)11;7*1-2/h2-5H,6-7H2,1H3;1-4H,5-6H2;1-4H,5-6H2;1-6H,7H2;2*1-4H,5H2,(H,9,10);1-4H,5-6H2;7*1-2H3. The third kappa shape index (κ3) is 26.1. The van der Waals surface area contributed by atoms with Crippen LogP contribution in [0.3, 0.4) is 0 Å². The maximum Gasteiger partial charge on any atom is 0.411 e. The van der Waals surface area contributed by atoms with E-state index in [1.54, 1.807) is 30.0 Å². The summed E-state index contributed by atoms with van der Waals surface area (Å²) >= 11 is 1.58. The van der Waals surface area contributed by atoms with Gasteiger partial charge in [-0.3, -0.25) is 24.6 Å². The number of carbonyl (C=O) groups is 4. The number of thioether (sulfide) groups is 1. The molecule has 0 saturated carbocycles. The third-order valence-electron chi connectivity index (χ3n) is 12.5. The highest BCUT2D eigenvalue weighted by Crippen LogP contribution is 2.31. The number of hydrogen-bond donors (Lipinski definition) is 2. The van der Waals surface area contributed by atoms with Crippen LogP contribution in [0, 0.1) is 0 Å². The number of fused-ring (bicyclic) bond motifs is 7. The van der Waals surface area contributed by atoms with E-state index in [4.69, 9.17) is 9.47 Å². The molecule has 0 spiro atoms. The number of rotatable bonds is 0. The maximum atomic E-state index is 11.3. The number of Topliss-reactive ketones (excluding diaryl/α,β-unsaturated/α-hetero) is 2. The Bertz CT molecular complexity index is 3160. The number of allylic oxidation sites excluding steroid dienone is 1. The van der Waals surface area contributed by atoms with Crippen LogP contribution in [-0.4, -0.2) is 62.0 Å². The van der Waals surface area contributed by atoms with Crippen LogP contribution in [0.2, 0.25) is 0 Å². The molecule has 7 aliphatic rings. The lowest BCUT2D eigenvalue weighted by Crippen LogP contribution is -2.19. The molecule has 87 heavy (non-hydrogen) atoms. The molecular weight excluding hydrogens is 1120 g/mol. The Hall–Kier alpha value is -7.58. The summed E-state index contributed by atoms with van der Waals surface area (Å²) in [5.74, 6) is 2.13. The number of ketones is 2. The lowest BCUT2D eigenvalue weighted by atomic mass is 10.1. The second kappa shape index (κ2) is 45.7. The van der Waals surface area contributed by atoms with Gasteiger partial charge in [0.1, 0.15) is 12.4 Å². The first kappa shape index (κ1) is 77.4. The minimum Gasteiger partial charge on any atom is -0.492 e. The molecule has 2 N–H and O–H groups in total. The van der Waals surface area contributed by atoms with Crippen molar-refractivity contribution >= 4 is 62.6 Å². The van der Waals surface area contributed by atoms with Crippen LogP contribution < -0.4 is 15.4 Å². The lowest BCUT2D eigenvalue weighted by molar-refractivity contribution is -0.113.